The van der Waals surface area contributed by atoms with E-state index in [2.05, 4.69) is 13.2 Å². The smallest absolute Gasteiger partial charge is 0.338 e. The quantitative estimate of drug-likeness (QED) is 0.114. The zero-order chi connectivity index (χ0) is 26.7. The molecule has 0 saturated heterocycles. The number of fused-ring (bicyclic) bond motifs is 2. The van der Waals surface area contributed by atoms with Gasteiger partial charge >= 0.3 is 11.9 Å². The van der Waals surface area contributed by atoms with Crippen LogP contribution in [-0.2, 0) is 14.3 Å². The number of esters is 2. The highest BCUT2D eigenvalue weighted by molar-refractivity contribution is 6.09. The topological polar surface area (TPSA) is 61.8 Å². The van der Waals surface area contributed by atoms with Crippen molar-refractivity contribution < 1.29 is 23.8 Å². The first kappa shape index (κ1) is 25.5. The maximum absolute atomic E-state index is 12.2. The van der Waals surface area contributed by atoms with Crippen LogP contribution in [0.3, 0.4) is 0 Å². The van der Waals surface area contributed by atoms with E-state index in [9.17, 15) is 9.59 Å². The van der Waals surface area contributed by atoms with Crippen molar-refractivity contribution >= 4 is 33.5 Å². The van der Waals surface area contributed by atoms with Crippen LogP contribution in [0.1, 0.15) is 27.7 Å². The molecule has 0 bridgehead atoms. The van der Waals surface area contributed by atoms with Crippen LogP contribution in [0.15, 0.2) is 109 Å². The lowest BCUT2D eigenvalue weighted by Gasteiger charge is -2.16. The predicted molar refractivity (Wildman–Crippen MR) is 147 cm³/mol. The Balaban J connectivity index is 1.80. The first-order chi connectivity index (χ1) is 17.7. The lowest BCUT2D eigenvalue weighted by atomic mass is 9.93. The standard InChI is InChI=1S/C32H28O5/c1-19(2)31(33)36-22(6)21(5)35-29-17-15-25(23-11-7-9-13-27(23)29)26-16-18-30(37-32(34)20(3)4)28-14-10-8-12-24(26)28/h7-18H,1,3H2,2,4-6H3/b22-21+. The van der Waals surface area contributed by atoms with Crippen LogP contribution in [0, 0.1) is 0 Å². The van der Waals surface area contributed by atoms with Crippen LogP contribution >= 0.6 is 0 Å². The monoisotopic (exact) mass is 492 g/mol. The van der Waals surface area contributed by atoms with Gasteiger partial charge in [0.1, 0.15) is 23.0 Å². The van der Waals surface area contributed by atoms with E-state index in [0.29, 0.717) is 34.2 Å². The van der Waals surface area contributed by atoms with Gasteiger partial charge in [-0.1, -0.05) is 73.8 Å². The molecular weight excluding hydrogens is 464 g/mol. The fourth-order valence-electron chi connectivity index (χ4n) is 3.91. The summed E-state index contributed by atoms with van der Waals surface area (Å²) in [5.41, 5.74) is 2.65. The molecule has 0 aliphatic rings. The Morgan fingerprint density at radius 3 is 1.43 bits per heavy atom. The van der Waals surface area contributed by atoms with Crippen LogP contribution < -0.4 is 9.47 Å². The van der Waals surface area contributed by atoms with Crippen molar-refractivity contribution in [3.8, 4) is 22.6 Å². The van der Waals surface area contributed by atoms with Gasteiger partial charge in [0.25, 0.3) is 0 Å². The average molecular weight is 493 g/mol. The summed E-state index contributed by atoms with van der Waals surface area (Å²) in [7, 11) is 0. The lowest BCUT2D eigenvalue weighted by Crippen LogP contribution is -2.08. The largest absolute Gasteiger partial charge is 0.458 e. The van der Waals surface area contributed by atoms with Crippen molar-refractivity contribution in [2.45, 2.75) is 27.7 Å². The van der Waals surface area contributed by atoms with Crippen molar-refractivity contribution in [1.82, 2.24) is 0 Å². The Bertz CT molecular complexity index is 1610. The fraction of sp³-hybridized carbons (Fsp3) is 0.125. The SMILES string of the molecule is C=C(C)C(=O)O/C(C)=C(\C)Oc1ccc(-c2ccc(OC(=O)C(=C)C)c3ccccc23)c2ccccc12. The number of hydrogen-bond acceptors (Lipinski definition) is 5. The number of carbonyl (C=O) groups is 2. The highest BCUT2D eigenvalue weighted by atomic mass is 16.6. The van der Waals surface area contributed by atoms with Crippen molar-refractivity contribution in [2.24, 2.45) is 0 Å². The zero-order valence-corrected chi connectivity index (χ0v) is 21.4. The summed E-state index contributed by atoms with van der Waals surface area (Å²) in [5, 5.41) is 3.67. The first-order valence-electron chi connectivity index (χ1n) is 11.8. The normalized spacial score (nSPS) is 11.6. The molecule has 0 aliphatic carbocycles. The van der Waals surface area contributed by atoms with Crippen LogP contribution in [0.2, 0.25) is 0 Å². The second kappa shape index (κ2) is 10.5. The molecule has 0 unspecified atom stereocenters. The van der Waals surface area contributed by atoms with Crippen LogP contribution in [0.25, 0.3) is 32.7 Å². The number of benzene rings is 4. The molecule has 186 valence electrons. The second-order valence-corrected chi connectivity index (χ2v) is 8.87. The molecule has 4 aromatic rings. The van der Waals surface area contributed by atoms with E-state index in [1.54, 1.807) is 27.7 Å². The van der Waals surface area contributed by atoms with Crippen molar-refractivity contribution in [1.29, 1.82) is 0 Å². The summed E-state index contributed by atoms with van der Waals surface area (Å²) in [6.45, 7) is 13.9. The van der Waals surface area contributed by atoms with Gasteiger partial charge in [-0.2, -0.15) is 0 Å². The molecule has 5 heteroatoms. The minimum Gasteiger partial charge on any atom is -0.458 e. The highest BCUT2D eigenvalue weighted by Gasteiger charge is 2.16. The van der Waals surface area contributed by atoms with E-state index in [4.69, 9.17) is 14.2 Å². The molecule has 0 saturated carbocycles. The van der Waals surface area contributed by atoms with Gasteiger partial charge in [-0.3, -0.25) is 0 Å². The number of hydrogen-bond donors (Lipinski definition) is 0. The summed E-state index contributed by atoms with van der Waals surface area (Å²) in [6, 6.07) is 23.4. The maximum Gasteiger partial charge on any atom is 0.338 e. The Labute approximate surface area is 216 Å². The van der Waals surface area contributed by atoms with Gasteiger partial charge in [0.2, 0.25) is 0 Å². The molecule has 0 amide bonds. The second-order valence-electron chi connectivity index (χ2n) is 8.87. The number of rotatable bonds is 7. The minimum atomic E-state index is -0.495. The number of allylic oxidation sites excluding steroid dienone is 2. The van der Waals surface area contributed by atoms with Gasteiger partial charge in [0, 0.05) is 21.9 Å². The van der Waals surface area contributed by atoms with E-state index < -0.39 is 11.9 Å². The predicted octanol–water partition coefficient (Wildman–Crippen LogP) is 7.89. The highest BCUT2D eigenvalue weighted by Crippen LogP contribution is 2.40. The Hall–Kier alpha value is -4.64. The molecule has 37 heavy (non-hydrogen) atoms. The Kier molecular flexibility index (Phi) is 7.25. The molecule has 0 fully saturated rings. The minimum absolute atomic E-state index is 0.314. The van der Waals surface area contributed by atoms with E-state index in [-0.39, 0.29) is 0 Å². The average Bonchev–Trinajstić information content (AvgIpc) is 2.89. The van der Waals surface area contributed by atoms with Gasteiger partial charge < -0.3 is 14.2 Å². The molecule has 0 atom stereocenters. The molecule has 0 aliphatic heterocycles. The summed E-state index contributed by atoms with van der Waals surface area (Å²) < 4.78 is 17.1. The molecule has 0 aromatic heterocycles. The first-order valence-corrected chi connectivity index (χ1v) is 11.8. The van der Waals surface area contributed by atoms with E-state index in [1.165, 1.54) is 0 Å². The van der Waals surface area contributed by atoms with E-state index >= 15 is 0 Å². The number of carbonyl (C=O) groups excluding carboxylic acids is 2. The summed E-state index contributed by atoms with van der Waals surface area (Å²) in [4.78, 5) is 24.1. The molecule has 0 spiro atoms. The van der Waals surface area contributed by atoms with Crippen LogP contribution in [0.5, 0.6) is 11.5 Å². The van der Waals surface area contributed by atoms with Gasteiger partial charge in [0.15, 0.2) is 0 Å². The molecule has 0 radical (unpaired) electrons. The number of ether oxygens (including phenoxy) is 3. The zero-order valence-electron chi connectivity index (χ0n) is 21.4. The van der Waals surface area contributed by atoms with Crippen LogP contribution in [0.4, 0.5) is 0 Å². The van der Waals surface area contributed by atoms with E-state index in [1.807, 2.05) is 72.8 Å². The fourth-order valence-corrected chi connectivity index (χ4v) is 3.91. The molecule has 4 aromatic carbocycles. The summed E-state index contributed by atoms with van der Waals surface area (Å²) in [5.74, 6) is 1.01. The van der Waals surface area contributed by atoms with E-state index in [0.717, 1.165) is 32.7 Å². The third-order valence-corrected chi connectivity index (χ3v) is 5.96. The Morgan fingerprint density at radius 2 is 0.973 bits per heavy atom. The van der Waals surface area contributed by atoms with Gasteiger partial charge in [-0.15, -0.1) is 0 Å². The molecule has 5 nitrogen and oxygen atoms in total. The third kappa shape index (κ3) is 5.31. The van der Waals surface area contributed by atoms with Gasteiger partial charge in [-0.25, -0.2) is 9.59 Å². The molecule has 0 N–H and O–H groups in total. The van der Waals surface area contributed by atoms with Crippen molar-refractivity contribution in [2.75, 3.05) is 0 Å². The Morgan fingerprint density at radius 1 is 0.541 bits per heavy atom. The van der Waals surface area contributed by atoms with Gasteiger partial charge in [0.05, 0.1) is 0 Å². The van der Waals surface area contributed by atoms with Gasteiger partial charge in [-0.05, 0) is 61.7 Å². The molecular formula is C32H28O5. The van der Waals surface area contributed by atoms with Crippen LogP contribution in [-0.4, -0.2) is 11.9 Å². The molecule has 0 heterocycles. The van der Waals surface area contributed by atoms with Crippen molar-refractivity contribution in [3.63, 3.8) is 0 Å². The summed E-state index contributed by atoms with van der Waals surface area (Å²) in [6.07, 6.45) is 0. The molecule has 4 rings (SSSR count). The summed E-state index contributed by atoms with van der Waals surface area (Å²) >= 11 is 0. The maximum atomic E-state index is 12.2. The van der Waals surface area contributed by atoms with Crippen molar-refractivity contribution in [3.05, 3.63) is 109 Å². The lowest BCUT2D eigenvalue weighted by molar-refractivity contribution is -0.135. The third-order valence-electron chi connectivity index (χ3n) is 5.96.